The molecule has 31 heavy (non-hydrogen) atoms. The van der Waals surface area contributed by atoms with E-state index < -0.39 is 10.3 Å². The quantitative estimate of drug-likeness (QED) is 0.498. The van der Waals surface area contributed by atoms with Gasteiger partial charge in [-0.25, -0.2) is 0 Å². The molecule has 2 aromatic rings. The topological polar surface area (TPSA) is 75.9 Å². The van der Waals surface area contributed by atoms with Crippen molar-refractivity contribution in [1.82, 2.24) is 4.90 Å². The van der Waals surface area contributed by atoms with E-state index in [-0.39, 0.29) is 11.6 Å². The zero-order valence-electron chi connectivity index (χ0n) is 16.9. The number of hydrogen-bond acceptors (Lipinski definition) is 5. The van der Waals surface area contributed by atoms with Gasteiger partial charge in [0, 0.05) is 67.3 Å². The number of nitro groups is 1. The maximum atomic E-state index is 13.8. The number of anilines is 1. The van der Waals surface area contributed by atoms with Crippen LogP contribution in [-0.2, 0) is 14.9 Å². The van der Waals surface area contributed by atoms with Gasteiger partial charge < -0.3 is 14.5 Å². The van der Waals surface area contributed by atoms with Gasteiger partial charge in [0.25, 0.3) is 5.69 Å². The number of amides is 1. The Labute approximate surface area is 190 Å². The summed E-state index contributed by atoms with van der Waals surface area (Å²) in [5.74, 6) is 0.0544. The molecule has 2 fully saturated rings. The summed E-state index contributed by atoms with van der Waals surface area (Å²) in [6.45, 7) is 3.28. The second-order valence-corrected chi connectivity index (χ2v) is 8.72. The predicted molar refractivity (Wildman–Crippen MR) is 120 cm³/mol. The molecule has 0 radical (unpaired) electrons. The lowest BCUT2D eigenvalue weighted by atomic mass is 9.72. The van der Waals surface area contributed by atoms with Gasteiger partial charge in [0.1, 0.15) is 0 Å². The molecule has 0 saturated carbocycles. The van der Waals surface area contributed by atoms with Crippen molar-refractivity contribution in [2.45, 2.75) is 18.3 Å². The summed E-state index contributed by atoms with van der Waals surface area (Å²) in [5.41, 5.74) is 0.929. The van der Waals surface area contributed by atoms with Crippen LogP contribution in [0.2, 0.25) is 10.0 Å². The highest BCUT2D eigenvalue weighted by atomic mass is 35.5. The lowest BCUT2D eigenvalue weighted by Crippen LogP contribution is -2.56. The molecule has 9 heteroatoms. The summed E-state index contributed by atoms with van der Waals surface area (Å²) < 4.78 is 5.55. The molecular formula is C22H23Cl2N3O4. The summed E-state index contributed by atoms with van der Waals surface area (Å²) in [5, 5.41) is 12.1. The maximum absolute atomic E-state index is 13.8. The molecule has 4 rings (SSSR count). The fourth-order valence-electron chi connectivity index (χ4n) is 4.47. The van der Waals surface area contributed by atoms with E-state index in [4.69, 9.17) is 27.9 Å². The fourth-order valence-corrected chi connectivity index (χ4v) is 5.06. The number of ether oxygens (including phenoxy) is 1. The molecule has 0 bridgehead atoms. The molecule has 0 unspecified atom stereocenters. The van der Waals surface area contributed by atoms with E-state index in [1.807, 2.05) is 17.0 Å². The first-order valence-electron chi connectivity index (χ1n) is 10.2. The van der Waals surface area contributed by atoms with Gasteiger partial charge in [0.2, 0.25) is 5.91 Å². The Bertz CT molecular complexity index is 986. The van der Waals surface area contributed by atoms with Crippen molar-refractivity contribution in [2.75, 3.05) is 44.3 Å². The van der Waals surface area contributed by atoms with E-state index in [1.165, 1.54) is 6.07 Å². The summed E-state index contributed by atoms with van der Waals surface area (Å²) in [6, 6.07) is 11.9. The number of carbonyl (C=O) groups excluding carboxylic acids is 1. The van der Waals surface area contributed by atoms with E-state index >= 15 is 0 Å². The van der Waals surface area contributed by atoms with Gasteiger partial charge in [-0.05, 0) is 36.6 Å². The third-order valence-corrected chi connectivity index (χ3v) is 6.72. The summed E-state index contributed by atoms with van der Waals surface area (Å²) in [6.07, 6.45) is 1.14. The van der Waals surface area contributed by atoms with Crippen LogP contribution in [0, 0.1) is 10.1 Å². The number of nitrogens with zero attached hydrogens (tertiary/aromatic N) is 3. The van der Waals surface area contributed by atoms with Crippen LogP contribution in [0.25, 0.3) is 0 Å². The molecule has 0 aliphatic carbocycles. The highest BCUT2D eigenvalue weighted by molar-refractivity contribution is 6.35. The normalized spacial score (nSPS) is 18.6. The van der Waals surface area contributed by atoms with Crippen molar-refractivity contribution in [3.05, 3.63) is 68.2 Å². The highest BCUT2D eigenvalue weighted by Gasteiger charge is 2.45. The lowest BCUT2D eigenvalue weighted by Gasteiger charge is -2.43. The van der Waals surface area contributed by atoms with Crippen molar-refractivity contribution < 1.29 is 14.5 Å². The van der Waals surface area contributed by atoms with Crippen LogP contribution in [-0.4, -0.2) is 55.1 Å². The number of hydrogen-bond donors (Lipinski definition) is 0. The first-order chi connectivity index (χ1) is 14.9. The van der Waals surface area contributed by atoms with E-state index in [1.54, 1.807) is 24.3 Å². The molecule has 164 valence electrons. The third-order valence-electron chi connectivity index (χ3n) is 6.18. The number of carbonyl (C=O) groups is 1. The van der Waals surface area contributed by atoms with Gasteiger partial charge >= 0.3 is 0 Å². The molecule has 0 atom stereocenters. The van der Waals surface area contributed by atoms with E-state index in [0.29, 0.717) is 62.3 Å². The smallest absolute Gasteiger partial charge is 0.271 e. The second kappa shape index (κ2) is 9.02. The van der Waals surface area contributed by atoms with Gasteiger partial charge in [-0.15, -0.1) is 0 Å². The molecule has 1 amide bonds. The van der Waals surface area contributed by atoms with Crippen LogP contribution < -0.4 is 4.90 Å². The Kier molecular flexibility index (Phi) is 6.36. The Balaban J connectivity index is 1.53. The molecule has 7 nitrogen and oxygen atoms in total. The van der Waals surface area contributed by atoms with Crippen molar-refractivity contribution in [2.24, 2.45) is 0 Å². The monoisotopic (exact) mass is 463 g/mol. The molecule has 2 aliphatic rings. The molecule has 2 aromatic carbocycles. The minimum Gasteiger partial charge on any atom is -0.381 e. The van der Waals surface area contributed by atoms with Crippen molar-refractivity contribution >= 4 is 40.5 Å². The van der Waals surface area contributed by atoms with Crippen molar-refractivity contribution in [3.8, 4) is 0 Å². The molecule has 2 heterocycles. The van der Waals surface area contributed by atoms with Crippen LogP contribution >= 0.6 is 23.2 Å². The minimum atomic E-state index is -0.729. The minimum absolute atomic E-state index is 0.0544. The van der Waals surface area contributed by atoms with E-state index in [9.17, 15) is 14.9 Å². The van der Waals surface area contributed by atoms with Crippen LogP contribution in [0.15, 0.2) is 42.5 Å². The SMILES string of the molecule is O=C(N1CCN(c2cccc([N+](=O)[O-])c2)CC1)C1(c2ccc(Cl)cc2Cl)CCOCC1. The molecule has 0 spiro atoms. The van der Waals surface area contributed by atoms with Crippen molar-refractivity contribution in [3.63, 3.8) is 0 Å². The van der Waals surface area contributed by atoms with Gasteiger partial charge in [0.05, 0.1) is 10.3 Å². The number of piperazine rings is 1. The molecular weight excluding hydrogens is 441 g/mol. The first kappa shape index (κ1) is 21.9. The number of halogens is 2. The summed E-state index contributed by atoms with van der Waals surface area (Å²) in [7, 11) is 0. The zero-order chi connectivity index (χ0) is 22.0. The van der Waals surface area contributed by atoms with Gasteiger partial charge in [-0.2, -0.15) is 0 Å². The standard InChI is InChI=1S/C22H23Cl2N3O4/c23-16-4-5-19(20(24)14-16)22(6-12-31-13-7-22)21(28)26-10-8-25(9-11-26)17-2-1-3-18(15-17)27(29)30/h1-5,14-15H,6-13H2. The van der Waals surface area contributed by atoms with E-state index in [0.717, 1.165) is 11.3 Å². The Morgan fingerprint density at radius 2 is 1.74 bits per heavy atom. The summed E-state index contributed by atoms with van der Waals surface area (Å²) in [4.78, 5) is 28.4. The largest absolute Gasteiger partial charge is 0.381 e. The Morgan fingerprint density at radius 3 is 2.39 bits per heavy atom. The average molecular weight is 464 g/mol. The number of rotatable bonds is 4. The van der Waals surface area contributed by atoms with Gasteiger partial charge in [0.15, 0.2) is 0 Å². The fraction of sp³-hybridized carbons (Fsp3) is 0.409. The van der Waals surface area contributed by atoms with Crippen molar-refractivity contribution in [1.29, 1.82) is 0 Å². The number of non-ortho nitro benzene ring substituents is 1. The number of benzene rings is 2. The zero-order valence-corrected chi connectivity index (χ0v) is 18.4. The lowest BCUT2D eigenvalue weighted by molar-refractivity contribution is -0.384. The van der Waals surface area contributed by atoms with Crippen LogP contribution in [0.3, 0.4) is 0 Å². The van der Waals surface area contributed by atoms with Gasteiger partial charge in [-0.3, -0.25) is 14.9 Å². The first-order valence-corrected chi connectivity index (χ1v) is 11.0. The molecule has 2 saturated heterocycles. The van der Waals surface area contributed by atoms with Gasteiger partial charge in [-0.1, -0.05) is 35.3 Å². The van der Waals surface area contributed by atoms with Crippen LogP contribution in [0.1, 0.15) is 18.4 Å². The van der Waals surface area contributed by atoms with E-state index in [2.05, 4.69) is 4.90 Å². The highest BCUT2D eigenvalue weighted by Crippen LogP contribution is 2.41. The summed E-state index contributed by atoms with van der Waals surface area (Å²) >= 11 is 12.6. The molecule has 2 aliphatic heterocycles. The molecule has 0 N–H and O–H groups in total. The molecule has 0 aromatic heterocycles. The average Bonchev–Trinajstić information content (AvgIpc) is 2.79. The Hall–Kier alpha value is -2.35. The Morgan fingerprint density at radius 1 is 1.03 bits per heavy atom. The number of nitro benzene ring substituents is 1. The third kappa shape index (κ3) is 4.35. The second-order valence-electron chi connectivity index (χ2n) is 7.87. The van der Waals surface area contributed by atoms with Crippen LogP contribution in [0.4, 0.5) is 11.4 Å². The van der Waals surface area contributed by atoms with Crippen LogP contribution in [0.5, 0.6) is 0 Å². The predicted octanol–water partition coefficient (Wildman–Crippen LogP) is 4.30. The maximum Gasteiger partial charge on any atom is 0.271 e.